The van der Waals surface area contributed by atoms with Crippen LogP contribution in [0.25, 0.3) is 0 Å². The summed E-state index contributed by atoms with van der Waals surface area (Å²) in [6.45, 7) is -2.91. The van der Waals surface area contributed by atoms with Crippen LogP contribution in [0.5, 0.6) is 0 Å². The highest BCUT2D eigenvalue weighted by molar-refractivity contribution is 4.98. The van der Waals surface area contributed by atoms with E-state index in [1.165, 1.54) is 0 Å². The quantitative estimate of drug-likeness (QED) is 0.258. The highest BCUT2D eigenvalue weighted by Gasteiger charge is 2.58. The highest BCUT2D eigenvalue weighted by Crippen LogP contribution is 2.36. The van der Waals surface area contributed by atoms with E-state index < -0.39 is 74.7 Å². The average Bonchev–Trinajstić information content (AvgIpc) is 2.80. The van der Waals surface area contributed by atoms with E-state index in [9.17, 15) is 29.9 Å². The van der Waals surface area contributed by atoms with Gasteiger partial charge in [0, 0.05) is 0 Å². The molecule has 0 aromatic heterocycles. The molecule has 0 bridgehead atoms. The van der Waals surface area contributed by atoms with Crippen LogP contribution in [0.2, 0.25) is 0 Å². The van der Waals surface area contributed by atoms with Gasteiger partial charge in [-0.2, -0.15) is 0 Å². The number of aliphatic hydroxyl groups is 7. The van der Waals surface area contributed by atoms with Gasteiger partial charge in [0.05, 0.1) is 13.2 Å². The molecule has 2 saturated heterocycles. The lowest BCUT2D eigenvalue weighted by atomic mass is 9.99. The predicted octanol–water partition coefficient (Wildman–Crippen LogP) is -4.42. The fourth-order valence-electron chi connectivity index (χ4n) is 2.61. The standard InChI is InChI=1S/C12H21FO10/c13-3-12(10(20)7(17)5(2-15)22-12)23-11-9(19)8(18)6(16)4(1-14)21-11/h4-11,14-20H,1-3H2/t4-,5-,6-,7-,8+,9-,10+,11-,12+/m1/s1. The second kappa shape index (κ2) is 7.19. The molecule has 0 radical (unpaired) electrons. The van der Waals surface area contributed by atoms with Gasteiger partial charge in [0.25, 0.3) is 0 Å². The first kappa shape index (κ1) is 18.9. The van der Waals surface area contributed by atoms with Crippen LogP contribution >= 0.6 is 0 Å². The van der Waals surface area contributed by atoms with Gasteiger partial charge in [-0.15, -0.1) is 0 Å². The van der Waals surface area contributed by atoms with Crippen molar-refractivity contribution >= 4 is 0 Å². The molecule has 7 N–H and O–H groups in total. The lowest BCUT2D eigenvalue weighted by Gasteiger charge is -2.43. The van der Waals surface area contributed by atoms with Gasteiger partial charge in [0.1, 0.15) is 49.4 Å². The molecule has 0 aromatic carbocycles. The molecule has 0 unspecified atom stereocenters. The first-order valence-electron chi connectivity index (χ1n) is 7.00. The number of rotatable bonds is 5. The molecule has 2 aliphatic heterocycles. The van der Waals surface area contributed by atoms with Gasteiger partial charge in [-0.25, -0.2) is 4.39 Å². The molecule has 0 aromatic rings. The molecule has 2 fully saturated rings. The fourth-order valence-corrected chi connectivity index (χ4v) is 2.61. The van der Waals surface area contributed by atoms with Crippen molar-refractivity contribution in [2.45, 2.75) is 54.8 Å². The lowest BCUT2D eigenvalue weighted by Crippen LogP contribution is -2.62. The Morgan fingerprint density at radius 2 is 1.48 bits per heavy atom. The van der Waals surface area contributed by atoms with Gasteiger partial charge >= 0.3 is 0 Å². The van der Waals surface area contributed by atoms with E-state index in [0.717, 1.165) is 0 Å². The van der Waals surface area contributed by atoms with E-state index in [2.05, 4.69) is 0 Å². The monoisotopic (exact) mass is 344 g/mol. The number of alkyl halides is 1. The van der Waals surface area contributed by atoms with E-state index in [1.54, 1.807) is 0 Å². The van der Waals surface area contributed by atoms with E-state index >= 15 is 0 Å². The topological polar surface area (TPSA) is 169 Å². The molecule has 2 aliphatic rings. The molecular weight excluding hydrogens is 323 g/mol. The van der Waals surface area contributed by atoms with Crippen LogP contribution in [0.15, 0.2) is 0 Å². The summed E-state index contributed by atoms with van der Waals surface area (Å²) in [5, 5.41) is 66.9. The van der Waals surface area contributed by atoms with Crippen LogP contribution in [-0.4, -0.2) is 110 Å². The van der Waals surface area contributed by atoms with Crippen molar-refractivity contribution in [1.29, 1.82) is 0 Å². The molecule has 23 heavy (non-hydrogen) atoms. The average molecular weight is 344 g/mol. The van der Waals surface area contributed by atoms with Crippen LogP contribution in [-0.2, 0) is 14.2 Å². The molecule has 11 heteroatoms. The minimum Gasteiger partial charge on any atom is -0.394 e. The zero-order valence-corrected chi connectivity index (χ0v) is 12.0. The van der Waals surface area contributed by atoms with Gasteiger partial charge < -0.3 is 50.0 Å². The summed E-state index contributed by atoms with van der Waals surface area (Å²) < 4.78 is 28.6. The summed E-state index contributed by atoms with van der Waals surface area (Å²) in [5.41, 5.74) is 0. The van der Waals surface area contributed by atoms with Gasteiger partial charge in [-0.1, -0.05) is 0 Å². The van der Waals surface area contributed by atoms with Gasteiger partial charge in [-0.05, 0) is 0 Å². The van der Waals surface area contributed by atoms with Crippen molar-refractivity contribution in [3.05, 3.63) is 0 Å². The summed E-state index contributed by atoms with van der Waals surface area (Å²) in [7, 11) is 0. The molecular formula is C12H21FO10. The van der Waals surface area contributed by atoms with Crippen molar-refractivity contribution in [3.63, 3.8) is 0 Å². The number of ether oxygens (including phenoxy) is 3. The maximum absolute atomic E-state index is 13.4. The molecule has 0 amide bonds. The third kappa shape index (κ3) is 3.22. The minimum absolute atomic E-state index is 0.723. The maximum atomic E-state index is 13.4. The first-order chi connectivity index (χ1) is 10.8. The largest absolute Gasteiger partial charge is 0.394 e. The SMILES string of the molecule is OC[C@H]1O[C@@](CF)(O[C@H]2O[C@H](CO)[C@@H](O)[C@H](O)[C@H]2O)[C@@H](O)[C@@H]1O. The molecule has 0 spiro atoms. The fraction of sp³-hybridized carbons (Fsp3) is 1.00. The second-order valence-corrected chi connectivity index (χ2v) is 5.53. The summed E-state index contributed by atoms with van der Waals surface area (Å²) in [4.78, 5) is 0. The Balaban J connectivity index is 2.18. The molecule has 0 saturated carbocycles. The molecule has 2 heterocycles. The Labute approximate surface area is 130 Å². The lowest BCUT2D eigenvalue weighted by molar-refractivity contribution is -0.380. The van der Waals surface area contributed by atoms with Gasteiger partial charge in [-0.3, -0.25) is 0 Å². The van der Waals surface area contributed by atoms with E-state index in [-0.39, 0.29) is 0 Å². The molecule has 136 valence electrons. The van der Waals surface area contributed by atoms with Gasteiger partial charge in [0.2, 0.25) is 5.79 Å². The smallest absolute Gasteiger partial charge is 0.229 e. The zero-order valence-electron chi connectivity index (χ0n) is 12.0. The van der Waals surface area contributed by atoms with Crippen LogP contribution in [0.1, 0.15) is 0 Å². The molecule has 9 atom stereocenters. The summed E-state index contributed by atoms with van der Waals surface area (Å²) in [6.07, 6.45) is -13.2. The maximum Gasteiger partial charge on any atom is 0.229 e. The normalized spacial score (nSPS) is 51.1. The highest BCUT2D eigenvalue weighted by atomic mass is 19.1. The number of hydrogen-bond acceptors (Lipinski definition) is 10. The van der Waals surface area contributed by atoms with Gasteiger partial charge in [0.15, 0.2) is 6.29 Å². The van der Waals surface area contributed by atoms with Crippen LogP contribution in [0, 0.1) is 0 Å². The third-order valence-corrected chi connectivity index (χ3v) is 4.04. The first-order valence-corrected chi connectivity index (χ1v) is 7.00. The number of halogens is 1. The number of hydrogen-bond donors (Lipinski definition) is 7. The Morgan fingerprint density at radius 1 is 0.870 bits per heavy atom. The van der Waals surface area contributed by atoms with Crippen molar-refractivity contribution in [2.75, 3.05) is 19.9 Å². The van der Waals surface area contributed by atoms with Crippen LogP contribution < -0.4 is 0 Å². The zero-order chi connectivity index (χ0) is 17.4. The minimum atomic E-state index is -2.44. The van der Waals surface area contributed by atoms with E-state index in [4.69, 9.17) is 24.4 Å². The third-order valence-electron chi connectivity index (χ3n) is 4.04. The molecule has 10 nitrogen and oxygen atoms in total. The van der Waals surface area contributed by atoms with Crippen molar-refractivity contribution in [2.24, 2.45) is 0 Å². The van der Waals surface area contributed by atoms with Crippen molar-refractivity contribution < 1.29 is 54.3 Å². The van der Waals surface area contributed by atoms with Crippen LogP contribution in [0.4, 0.5) is 4.39 Å². The second-order valence-electron chi connectivity index (χ2n) is 5.53. The Kier molecular flexibility index (Phi) is 5.90. The molecule has 2 rings (SSSR count). The predicted molar refractivity (Wildman–Crippen MR) is 67.5 cm³/mol. The van der Waals surface area contributed by atoms with Crippen molar-refractivity contribution in [3.8, 4) is 0 Å². The van der Waals surface area contributed by atoms with Crippen molar-refractivity contribution in [1.82, 2.24) is 0 Å². The number of aliphatic hydroxyl groups excluding tert-OH is 7. The Morgan fingerprint density at radius 3 is 1.96 bits per heavy atom. The summed E-state index contributed by atoms with van der Waals surface area (Å²) in [5.74, 6) is -2.44. The van der Waals surface area contributed by atoms with E-state index in [0.29, 0.717) is 0 Å². The Hall–Kier alpha value is -0.470. The molecule has 0 aliphatic carbocycles. The summed E-state index contributed by atoms with van der Waals surface area (Å²) >= 11 is 0. The Bertz CT molecular complexity index is 398. The van der Waals surface area contributed by atoms with Crippen LogP contribution in [0.3, 0.4) is 0 Å². The summed E-state index contributed by atoms with van der Waals surface area (Å²) in [6, 6.07) is 0. The van der Waals surface area contributed by atoms with E-state index in [1.807, 2.05) is 0 Å².